The van der Waals surface area contributed by atoms with Crippen LogP contribution in [0.5, 0.6) is 0 Å². The average Bonchev–Trinajstić information content (AvgIpc) is 2.32. The second kappa shape index (κ2) is 6.33. The molecule has 80 valence electrons. The summed E-state index contributed by atoms with van der Waals surface area (Å²) in [7, 11) is 0. The summed E-state index contributed by atoms with van der Waals surface area (Å²) in [4.78, 5) is 0. The molecule has 0 atom stereocenters. The molecule has 0 aliphatic heterocycles. The molecule has 0 heterocycles. The third-order valence-corrected chi connectivity index (χ3v) is 2.52. The van der Waals surface area contributed by atoms with Gasteiger partial charge in [0.1, 0.15) is 5.76 Å². The van der Waals surface area contributed by atoms with Crippen LogP contribution in [0.2, 0.25) is 12.6 Å². The van der Waals surface area contributed by atoms with Crippen molar-refractivity contribution in [3.63, 3.8) is 0 Å². The Bertz CT molecular complexity index is 302. The van der Waals surface area contributed by atoms with E-state index in [9.17, 15) is 0 Å². The Labute approximate surface area is 93.3 Å². The Morgan fingerprint density at radius 3 is 2.27 bits per heavy atom. The molecule has 1 rings (SSSR count). The summed E-state index contributed by atoms with van der Waals surface area (Å²) in [6.45, 7) is 6.67. The molecule has 0 saturated carbocycles. The predicted molar refractivity (Wildman–Crippen MR) is 67.9 cm³/mol. The first-order chi connectivity index (χ1) is 7.31. The maximum atomic E-state index is 5.95. The molecule has 1 aromatic carbocycles. The molecule has 0 spiro atoms. The van der Waals surface area contributed by atoms with Gasteiger partial charge < -0.3 is 4.65 Å². The van der Waals surface area contributed by atoms with Crippen molar-refractivity contribution in [3.05, 3.63) is 42.0 Å². The first kappa shape index (κ1) is 11.9. The Morgan fingerprint density at radius 1 is 1.20 bits per heavy atom. The van der Waals surface area contributed by atoms with Crippen LogP contribution in [0.1, 0.15) is 26.3 Å². The van der Waals surface area contributed by atoms with Gasteiger partial charge in [0.25, 0.3) is 0 Å². The van der Waals surface area contributed by atoms with Crippen LogP contribution >= 0.6 is 0 Å². The minimum Gasteiger partial charge on any atom is -0.561 e. The van der Waals surface area contributed by atoms with Crippen LogP contribution in [-0.2, 0) is 4.65 Å². The average molecular weight is 202 g/mol. The molecular formula is C13H19BO. The number of hydrogen-bond donors (Lipinski definition) is 0. The minimum absolute atomic E-state index is 0.330. The van der Waals surface area contributed by atoms with Crippen molar-refractivity contribution < 1.29 is 4.65 Å². The third-order valence-electron chi connectivity index (χ3n) is 2.52. The third kappa shape index (κ3) is 3.47. The van der Waals surface area contributed by atoms with Crippen LogP contribution in [0, 0.1) is 0 Å². The van der Waals surface area contributed by atoms with Crippen molar-refractivity contribution >= 4 is 12.7 Å². The summed E-state index contributed by atoms with van der Waals surface area (Å²) >= 11 is 0. The summed E-state index contributed by atoms with van der Waals surface area (Å²) in [5.41, 5.74) is 1.16. The van der Waals surface area contributed by atoms with E-state index in [2.05, 4.69) is 26.0 Å². The highest BCUT2D eigenvalue weighted by atomic mass is 16.4. The van der Waals surface area contributed by atoms with E-state index in [0.717, 1.165) is 24.0 Å². The lowest BCUT2D eigenvalue weighted by Gasteiger charge is -2.15. The van der Waals surface area contributed by atoms with Crippen LogP contribution in [0.3, 0.4) is 0 Å². The van der Waals surface area contributed by atoms with E-state index in [1.165, 1.54) is 0 Å². The van der Waals surface area contributed by atoms with Gasteiger partial charge in [-0.2, -0.15) is 0 Å². The first-order valence-corrected chi connectivity index (χ1v) is 5.70. The highest BCUT2D eigenvalue weighted by molar-refractivity contribution is 6.52. The number of allylic oxidation sites excluding steroid dienone is 1. The smallest absolute Gasteiger partial charge is 0.357 e. The largest absolute Gasteiger partial charge is 0.561 e. The van der Waals surface area contributed by atoms with Crippen LogP contribution in [0.4, 0.5) is 0 Å². The summed E-state index contributed by atoms with van der Waals surface area (Å²) in [5.74, 6) is 0.990. The Morgan fingerprint density at radius 2 is 1.80 bits per heavy atom. The van der Waals surface area contributed by atoms with E-state index < -0.39 is 0 Å². The molecule has 15 heavy (non-hydrogen) atoms. The molecule has 0 saturated heterocycles. The monoisotopic (exact) mass is 202 g/mol. The van der Waals surface area contributed by atoms with Crippen LogP contribution < -0.4 is 0 Å². The summed E-state index contributed by atoms with van der Waals surface area (Å²) < 4.78 is 5.95. The van der Waals surface area contributed by atoms with E-state index in [0.29, 0.717) is 6.92 Å². The van der Waals surface area contributed by atoms with Crippen LogP contribution in [0.15, 0.2) is 36.4 Å². The molecule has 0 N–H and O–H groups in total. The van der Waals surface area contributed by atoms with Gasteiger partial charge in [0.15, 0.2) is 0 Å². The van der Waals surface area contributed by atoms with E-state index in [-0.39, 0.29) is 0 Å². The van der Waals surface area contributed by atoms with Gasteiger partial charge in [0.2, 0.25) is 0 Å². The standard InChI is InChI=1S/C13H19BO/c1-4-13(15-14(5-2)6-3)12-10-8-7-9-11-12/h4,7-11H,5-6H2,1-3H3/b13-4+. The molecule has 0 aromatic heterocycles. The molecule has 0 radical (unpaired) electrons. The zero-order chi connectivity index (χ0) is 11.1. The van der Waals surface area contributed by atoms with Gasteiger partial charge >= 0.3 is 6.92 Å². The quantitative estimate of drug-likeness (QED) is 0.516. The topological polar surface area (TPSA) is 9.23 Å². The van der Waals surface area contributed by atoms with E-state index in [4.69, 9.17) is 4.65 Å². The molecule has 0 aliphatic carbocycles. The lowest BCUT2D eigenvalue weighted by Crippen LogP contribution is -2.14. The van der Waals surface area contributed by atoms with E-state index in [1.807, 2.05) is 31.2 Å². The fourth-order valence-corrected chi connectivity index (χ4v) is 1.54. The Balaban J connectivity index is 2.74. The van der Waals surface area contributed by atoms with E-state index >= 15 is 0 Å². The maximum absolute atomic E-state index is 5.95. The van der Waals surface area contributed by atoms with Gasteiger partial charge in [0.05, 0.1) is 0 Å². The van der Waals surface area contributed by atoms with Crippen LogP contribution in [0.25, 0.3) is 5.76 Å². The maximum Gasteiger partial charge on any atom is 0.357 e. The van der Waals surface area contributed by atoms with E-state index in [1.54, 1.807) is 0 Å². The first-order valence-electron chi connectivity index (χ1n) is 5.70. The van der Waals surface area contributed by atoms with Crippen molar-refractivity contribution in [1.29, 1.82) is 0 Å². The normalized spacial score (nSPS) is 11.3. The lowest BCUT2D eigenvalue weighted by molar-refractivity contribution is 0.523. The lowest BCUT2D eigenvalue weighted by atomic mass is 9.62. The Hall–Kier alpha value is -1.18. The SMILES string of the molecule is C/C=C(/OB(CC)CC)c1ccccc1. The van der Waals surface area contributed by atoms with Gasteiger partial charge in [-0.25, -0.2) is 0 Å². The van der Waals surface area contributed by atoms with Crippen molar-refractivity contribution in [2.24, 2.45) is 0 Å². The molecule has 1 aromatic rings. The highest BCUT2D eigenvalue weighted by Crippen LogP contribution is 2.18. The number of hydrogen-bond acceptors (Lipinski definition) is 1. The second-order valence-electron chi connectivity index (χ2n) is 3.58. The van der Waals surface area contributed by atoms with Gasteiger partial charge in [-0.1, -0.05) is 44.2 Å². The van der Waals surface area contributed by atoms with Crippen LogP contribution in [-0.4, -0.2) is 6.92 Å². The highest BCUT2D eigenvalue weighted by Gasteiger charge is 2.13. The van der Waals surface area contributed by atoms with Gasteiger partial charge in [-0.15, -0.1) is 0 Å². The molecule has 0 aliphatic rings. The summed E-state index contributed by atoms with van der Waals surface area (Å²) in [6.07, 6.45) is 4.15. The molecule has 2 heteroatoms. The van der Waals surface area contributed by atoms with Gasteiger partial charge in [0, 0.05) is 5.56 Å². The summed E-state index contributed by atoms with van der Waals surface area (Å²) in [5, 5.41) is 0. The number of benzene rings is 1. The van der Waals surface area contributed by atoms with Crippen molar-refractivity contribution in [2.45, 2.75) is 33.4 Å². The predicted octanol–water partition coefficient (Wildman–Crippen LogP) is 4.10. The number of rotatable bonds is 5. The van der Waals surface area contributed by atoms with Crippen molar-refractivity contribution in [2.75, 3.05) is 0 Å². The molecule has 0 amide bonds. The Kier molecular flexibility index (Phi) is 5.02. The van der Waals surface area contributed by atoms with Crippen molar-refractivity contribution in [3.8, 4) is 0 Å². The summed E-state index contributed by atoms with van der Waals surface area (Å²) in [6, 6.07) is 10.3. The van der Waals surface area contributed by atoms with Gasteiger partial charge in [-0.05, 0) is 25.6 Å². The fourth-order valence-electron chi connectivity index (χ4n) is 1.54. The fraction of sp³-hybridized carbons (Fsp3) is 0.385. The molecule has 0 fully saturated rings. The minimum atomic E-state index is 0.330. The zero-order valence-corrected chi connectivity index (χ0v) is 9.86. The molecule has 0 bridgehead atoms. The van der Waals surface area contributed by atoms with Crippen molar-refractivity contribution in [1.82, 2.24) is 0 Å². The zero-order valence-electron chi connectivity index (χ0n) is 9.86. The second-order valence-corrected chi connectivity index (χ2v) is 3.58. The van der Waals surface area contributed by atoms with Gasteiger partial charge in [-0.3, -0.25) is 0 Å². The molecular weight excluding hydrogens is 183 g/mol. The molecule has 0 unspecified atom stereocenters. The molecule has 1 nitrogen and oxygen atoms in total.